The first-order chi connectivity index (χ1) is 14.4. The standard InChI is InChI=1S/2C11H17N2OS.2ClH/c2*1-9-10(2)15-8-13(9)7-11(14)12-5-3-4-6-12;;/h2*8H,3-7H2,1-2H3;2*1H/q2*+1;;/p-2. The van der Waals surface area contributed by atoms with Crippen LogP contribution >= 0.6 is 22.7 Å². The topological polar surface area (TPSA) is 48.4 Å². The number of aromatic nitrogens is 2. The number of carbonyl (C=O) groups is 2. The van der Waals surface area contributed by atoms with Crippen molar-refractivity contribution < 1.29 is 43.5 Å². The van der Waals surface area contributed by atoms with E-state index in [9.17, 15) is 9.59 Å². The second-order valence-electron chi connectivity index (χ2n) is 8.16. The van der Waals surface area contributed by atoms with Crippen LogP contribution in [0.2, 0.25) is 0 Å². The predicted octanol–water partition coefficient (Wildman–Crippen LogP) is -3.44. The number of thiazole rings is 2. The minimum Gasteiger partial charge on any atom is -1.00 e. The molecule has 0 spiro atoms. The minimum absolute atomic E-state index is 0. The number of rotatable bonds is 4. The molecule has 2 aromatic heterocycles. The van der Waals surface area contributed by atoms with Gasteiger partial charge in [-0.25, -0.2) is 0 Å². The van der Waals surface area contributed by atoms with Gasteiger partial charge < -0.3 is 34.6 Å². The van der Waals surface area contributed by atoms with Crippen LogP contribution in [0.3, 0.4) is 0 Å². The van der Waals surface area contributed by atoms with E-state index in [0.717, 1.165) is 51.9 Å². The van der Waals surface area contributed by atoms with Crippen molar-refractivity contribution in [2.75, 3.05) is 26.2 Å². The second-order valence-corrected chi connectivity index (χ2v) is 10.3. The number of nitrogens with zero attached hydrogens (tertiary/aromatic N) is 4. The van der Waals surface area contributed by atoms with Gasteiger partial charge in [-0.15, -0.1) is 0 Å². The molecule has 0 unspecified atom stereocenters. The molecule has 0 N–H and O–H groups in total. The van der Waals surface area contributed by atoms with Crippen molar-refractivity contribution in [3.63, 3.8) is 0 Å². The summed E-state index contributed by atoms with van der Waals surface area (Å²) in [6.07, 6.45) is 4.66. The monoisotopic (exact) mass is 520 g/mol. The summed E-state index contributed by atoms with van der Waals surface area (Å²) in [6, 6.07) is 0. The van der Waals surface area contributed by atoms with E-state index >= 15 is 0 Å². The summed E-state index contributed by atoms with van der Waals surface area (Å²) in [5.41, 5.74) is 6.51. The highest BCUT2D eigenvalue weighted by Gasteiger charge is 2.24. The lowest BCUT2D eigenvalue weighted by Crippen LogP contribution is -3.00. The van der Waals surface area contributed by atoms with Gasteiger partial charge in [-0.05, 0) is 39.5 Å². The van der Waals surface area contributed by atoms with Crippen LogP contribution in [0.1, 0.15) is 46.8 Å². The lowest BCUT2D eigenvalue weighted by atomic mass is 10.4. The third kappa shape index (κ3) is 7.40. The number of carbonyl (C=O) groups excluding carboxylic acids is 2. The quantitative estimate of drug-likeness (QED) is 0.394. The third-order valence-corrected chi connectivity index (χ3v) is 8.14. The summed E-state index contributed by atoms with van der Waals surface area (Å²) in [4.78, 5) is 30.3. The van der Waals surface area contributed by atoms with E-state index < -0.39 is 0 Å². The number of aryl methyl sites for hydroxylation is 2. The maximum Gasteiger partial charge on any atom is 0.288 e. The van der Waals surface area contributed by atoms with Crippen molar-refractivity contribution in [1.82, 2.24) is 9.80 Å². The molecule has 2 fully saturated rings. The SMILES string of the molecule is Cc1sc[n+](CC(=O)N2CCCC2)c1C.Cc1sc[n+](CC(=O)N2CCCC2)c1C.[Cl-].[Cl-]. The van der Waals surface area contributed by atoms with Crippen LogP contribution in [-0.2, 0) is 22.7 Å². The van der Waals surface area contributed by atoms with Gasteiger partial charge in [-0.3, -0.25) is 9.59 Å². The van der Waals surface area contributed by atoms with Gasteiger partial charge in [0.1, 0.15) is 0 Å². The number of likely N-dealkylation sites (tertiary alicyclic amines) is 2. The molecule has 10 heteroatoms. The lowest BCUT2D eigenvalue weighted by Gasteiger charge is -2.12. The highest BCUT2D eigenvalue weighted by atomic mass is 35.5. The predicted molar refractivity (Wildman–Crippen MR) is 120 cm³/mol. The van der Waals surface area contributed by atoms with E-state index in [1.807, 2.05) is 20.8 Å². The smallest absolute Gasteiger partial charge is 0.288 e. The van der Waals surface area contributed by atoms with Gasteiger partial charge in [0.15, 0.2) is 11.4 Å². The summed E-state index contributed by atoms with van der Waals surface area (Å²) in [7, 11) is 0. The zero-order chi connectivity index (χ0) is 21.7. The van der Waals surface area contributed by atoms with Crippen LogP contribution in [0.4, 0.5) is 0 Å². The molecule has 180 valence electrons. The fourth-order valence-electron chi connectivity index (χ4n) is 3.75. The zero-order valence-corrected chi connectivity index (χ0v) is 22.5. The average Bonchev–Trinajstić information content (AvgIpc) is 3.53. The van der Waals surface area contributed by atoms with Crippen molar-refractivity contribution in [3.05, 3.63) is 32.2 Å². The summed E-state index contributed by atoms with van der Waals surface area (Å²) >= 11 is 3.42. The van der Waals surface area contributed by atoms with Crippen molar-refractivity contribution in [2.45, 2.75) is 66.5 Å². The highest BCUT2D eigenvalue weighted by Crippen LogP contribution is 2.11. The van der Waals surface area contributed by atoms with Crippen molar-refractivity contribution >= 4 is 34.5 Å². The molecule has 0 saturated carbocycles. The fraction of sp³-hybridized carbons (Fsp3) is 0.636. The Labute approximate surface area is 212 Å². The summed E-state index contributed by atoms with van der Waals surface area (Å²) in [6.45, 7) is 13.1. The van der Waals surface area contributed by atoms with Gasteiger partial charge in [0.2, 0.25) is 24.1 Å². The fourth-order valence-corrected chi connectivity index (χ4v) is 5.37. The van der Waals surface area contributed by atoms with E-state index in [4.69, 9.17) is 0 Å². The Kier molecular flexibility index (Phi) is 12.1. The largest absolute Gasteiger partial charge is 1.00 e. The molecule has 2 saturated heterocycles. The summed E-state index contributed by atoms with van der Waals surface area (Å²) in [5.74, 6) is 0.525. The lowest BCUT2D eigenvalue weighted by molar-refractivity contribution is -0.686. The van der Waals surface area contributed by atoms with Crippen LogP contribution in [-0.4, -0.2) is 47.8 Å². The van der Waals surface area contributed by atoms with Crippen LogP contribution in [0, 0.1) is 27.7 Å². The average molecular weight is 522 g/mol. The van der Waals surface area contributed by atoms with Crippen LogP contribution in [0.15, 0.2) is 11.0 Å². The molecule has 0 atom stereocenters. The molecule has 4 rings (SSSR count). The number of hydrogen-bond donors (Lipinski definition) is 0. The second kappa shape index (κ2) is 13.5. The maximum absolute atomic E-state index is 11.9. The van der Waals surface area contributed by atoms with Gasteiger partial charge in [0, 0.05) is 40.0 Å². The van der Waals surface area contributed by atoms with Crippen LogP contribution in [0.5, 0.6) is 0 Å². The first-order valence-electron chi connectivity index (χ1n) is 10.8. The molecular weight excluding hydrogens is 487 g/mol. The van der Waals surface area contributed by atoms with Crippen LogP contribution in [0.25, 0.3) is 0 Å². The molecule has 0 radical (unpaired) electrons. The molecule has 4 heterocycles. The van der Waals surface area contributed by atoms with Crippen molar-refractivity contribution in [2.24, 2.45) is 0 Å². The Morgan fingerprint density at radius 2 is 1.03 bits per heavy atom. The minimum atomic E-state index is 0. The normalized spacial score (nSPS) is 15.0. The molecule has 2 aliphatic rings. The first-order valence-corrected chi connectivity index (χ1v) is 12.6. The van der Waals surface area contributed by atoms with E-state index in [0.29, 0.717) is 13.1 Å². The zero-order valence-electron chi connectivity index (χ0n) is 19.4. The number of hydrogen-bond acceptors (Lipinski definition) is 4. The van der Waals surface area contributed by atoms with Gasteiger partial charge in [-0.2, -0.15) is 9.13 Å². The summed E-state index contributed by atoms with van der Waals surface area (Å²) < 4.78 is 4.11. The van der Waals surface area contributed by atoms with Gasteiger partial charge in [0.25, 0.3) is 11.8 Å². The molecule has 2 aliphatic heterocycles. The van der Waals surface area contributed by atoms with Crippen molar-refractivity contribution in [1.29, 1.82) is 0 Å². The maximum atomic E-state index is 11.9. The van der Waals surface area contributed by atoms with Gasteiger partial charge >= 0.3 is 0 Å². The molecule has 2 amide bonds. The Balaban J connectivity index is 0.000000301. The van der Waals surface area contributed by atoms with Crippen molar-refractivity contribution in [3.8, 4) is 0 Å². The summed E-state index contributed by atoms with van der Waals surface area (Å²) in [5, 5.41) is 0. The molecule has 0 aromatic carbocycles. The Morgan fingerprint density at radius 3 is 1.28 bits per heavy atom. The first kappa shape index (κ1) is 28.8. The third-order valence-electron chi connectivity index (χ3n) is 6.12. The number of halogens is 2. The molecule has 32 heavy (non-hydrogen) atoms. The van der Waals surface area contributed by atoms with E-state index in [1.54, 1.807) is 22.7 Å². The molecule has 0 aliphatic carbocycles. The number of amides is 2. The molecule has 6 nitrogen and oxygen atoms in total. The van der Waals surface area contributed by atoms with E-state index in [1.165, 1.54) is 21.1 Å². The van der Waals surface area contributed by atoms with E-state index in [2.05, 4.69) is 36.8 Å². The molecular formula is C22H34Cl2N4O2S2. The Morgan fingerprint density at radius 1 is 0.719 bits per heavy atom. The molecule has 2 aromatic rings. The van der Waals surface area contributed by atoms with Crippen LogP contribution < -0.4 is 33.9 Å². The van der Waals surface area contributed by atoms with Gasteiger partial charge in [0.05, 0.1) is 9.75 Å². The Hall–Kier alpha value is -1.22. The van der Waals surface area contributed by atoms with E-state index in [-0.39, 0.29) is 36.6 Å². The Bertz CT molecular complexity index is 816. The van der Waals surface area contributed by atoms with Gasteiger partial charge in [-0.1, -0.05) is 22.7 Å². The highest BCUT2D eigenvalue weighted by molar-refractivity contribution is 7.09. The molecule has 0 bridgehead atoms.